The van der Waals surface area contributed by atoms with Crippen LogP contribution in [0.5, 0.6) is 0 Å². The van der Waals surface area contributed by atoms with Crippen LogP contribution in [0.1, 0.15) is 0 Å². The van der Waals surface area contributed by atoms with Crippen molar-refractivity contribution in [3.63, 3.8) is 0 Å². The van der Waals surface area contributed by atoms with Crippen molar-refractivity contribution in [1.29, 1.82) is 0 Å². The van der Waals surface area contributed by atoms with Crippen LogP contribution in [0.25, 0.3) is 0 Å². The number of aliphatic hydroxyl groups excluding tert-OH is 1. The van der Waals surface area contributed by atoms with E-state index in [-0.39, 0.29) is 6.10 Å². The number of rotatable bonds is 3. The van der Waals surface area contributed by atoms with Gasteiger partial charge in [-0.15, -0.1) is 0 Å². The minimum Gasteiger partial charge on any atom is -0.393 e. The number of thiol groups is 1. The van der Waals surface area contributed by atoms with Crippen LogP contribution in [0, 0.1) is 0 Å². The van der Waals surface area contributed by atoms with Gasteiger partial charge in [0.05, 0.1) is 6.10 Å². The van der Waals surface area contributed by atoms with Gasteiger partial charge in [0.1, 0.15) is 7.28 Å². The number of hydrogen-bond donors (Lipinski definition) is 2. The fourth-order valence-corrected chi connectivity index (χ4v) is 0.496. The highest BCUT2D eigenvalue weighted by molar-refractivity contribution is 7.80. The topological polar surface area (TPSA) is 20.2 Å². The van der Waals surface area contributed by atoms with E-state index in [0.29, 0.717) is 5.75 Å². The highest BCUT2D eigenvalue weighted by Crippen LogP contribution is 1.91. The summed E-state index contributed by atoms with van der Waals surface area (Å²) in [5, 5.41) is 8.75. The molecule has 0 aromatic rings. The molecule has 0 fully saturated rings. The predicted molar refractivity (Wildman–Crippen MR) is 36.3 cm³/mol. The summed E-state index contributed by atoms with van der Waals surface area (Å²) in [6.45, 7) is 1.92. The molecule has 3 heteroatoms. The molecule has 0 aromatic heterocycles. The molecule has 0 aliphatic carbocycles. The largest absolute Gasteiger partial charge is 0.393 e. The second-order valence-corrected chi connectivity index (χ2v) is 1.85. The zero-order chi connectivity index (χ0) is 5.70. The van der Waals surface area contributed by atoms with Gasteiger partial charge in [0, 0.05) is 5.75 Å². The summed E-state index contributed by atoms with van der Waals surface area (Å²) in [5.41, 5.74) is 0. The zero-order valence-corrected chi connectivity index (χ0v) is 5.36. The van der Waals surface area contributed by atoms with Crippen LogP contribution in [0.15, 0.2) is 0 Å². The molecule has 0 aromatic carbocycles. The van der Waals surface area contributed by atoms with E-state index in [1.54, 1.807) is 0 Å². The van der Waals surface area contributed by atoms with Crippen LogP contribution in [0.4, 0.5) is 0 Å². The zero-order valence-electron chi connectivity index (χ0n) is 4.46. The third-order valence-electron chi connectivity index (χ3n) is 0.719. The molecule has 1 N–H and O–H groups in total. The maximum absolute atomic E-state index is 8.75. The normalized spacial score (nSPS) is 13.6. The van der Waals surface area contributed by atoms with E-state index in [2.05, 4.69) is 12.6 Å². The third-order valence-corrected chi connectivity index (χ3v) is 1.14. The van der Waals surface area contributed by atoms with Crippen LogP contribution in [-0.2, 0) is 0 Å². The van der Waals surface area contributed by atoms with Gasteiger partial charge in [-0.05, 0) is 0 Å². The van der Waals surface area contributed by atoms with Crippen LogP contribution in [-0.4, -0.2) is 24.2 Å². The molecular weight excluding hydrogens is 107 g/mol. The van der Waals surface area contributed by atoms with Crippen LogP contribution < -0.4 is 0 Å². The molecule has 1 atom stereocenters. The van der Waals surface area contributed by atoms with Crippen LogP contribution in [0.3, 0.4) is 0 Å². The van der Waals surface area contributed by atoms with Gasteiger partial charge in [-0.1, -0.05) is 13.1 Å². The van der Waals surface area contributed by atoms with E-state index in [4.69, 9.17) is 5.11 Å². The number of aliphatic hydroxyl groups is 1. The van der Waals surface area contributed by atoms with Crippen LogP contribution in [0.2, 0.25) is 13.1 Å². The summed E-state index contributed by atoms with van der Waals surface area (Å²) < 4.78 is 0. The second kappa shape index (κ2) is 4.53. The van der Waals surface area contributed by atoms with E-state index in [9.17, 15) is 0 Å². The molecule has 0 bridgehead atoms. The van der Waals surface area contributed by atoms with Crippen molar-refractivity contribution in [2.24, 2.45) is 0 Å². The Kier molecular flexibility index (Phi) is 4.77. The Labute approximate surface area is 50.8 Å². The molecule has 0 saturated carbocycles. The predicted octanol–water partition coefficient (Wildman–Crippen LogP) is 0.448. The first-order chi connectivity index (χ1) is 3.31. The Hall–Kier alpha value is 0.375. The van der Waals surface area contributed by atoms with E-state index in [0.717, 1.165) is 6.32 Å². The lowest BCUT2D eigenvalue weighted by atomic mass is 9.76. The molecule has 1 unspecified atom stereocenters. The Morgan fingerprint density at radius 2 is 2.43 bits per heavy atom. The molecule has 0 rings (SSSR count). The monoisotopic (exact) mass is 117 g/mol. The maximum atomic E-state index is 8.75. The summed E-state index contributed by atoms with van der Waals surface area (Å²) >= 11 is 3.88. The third kappa shape index (κ3) is 4.22. The van der Waals surface area contributed by atoms with E-state index >= 15 is 0 Å². The van der Waals surface area contributed by atoms with Crippen molar-refractivity contribution in [3.05, 3.63) is 0 Å². The maximum Gasteiger partial charge on any atom is 0.109 e. The summed E-state index contributed by atoms with van der Waals surface area (Å²) in [6, 6.07) is 0. The Morgan fingerprint density at radius 1 is 1.86 bits per heavy atom. The van der Waals surface area contributed by atoms with Crippen molar-refractivity contribution in [3.8, 4) is 0 Å². The average Bonchev–Trinajstić information content (AvgIpc) is 1.68. The molecule has 7 heavy (non-hydrogen) atoms. The highest BCUT2D eigenvalue weighted by atomic mass is 32.1. The molecular formula is C4H10BOS. The summed E-state index contributed by atoms with van der Waals surface area (Å²) in [6.07, 6.45) is 0.511. The molecule has 0 aliphatic heterocycles. The molecule has 0 spiro atoms. The first-order valence-corrected chi connectivity index (χ1v) is 3.01. The van der Waals surface area contributed by atoms with Gasteiger partial charge in [0.15, 0.2) is 0 Å². The smallest absolute Gasteiger partial charge is 0.109 e. The second-order valence-electron chi connectivity index (χ2n) is 1.48. The summed E-state index contributed by atoms with van der Waals surface area (Å²) in [7, 11) is 1.93. The Bertz CT molecular complexity index is 42.7. The molecule has 0 amide bonds. The van der Waals surface area contributed by atoms with Gasteiger partial charge in [0.25, 0.3) is 0 Å². The molecule has 0 heterocycles. The molecule has 0 saturated heterocycles. The van der Waals surface area contributed by atoms with Crippen molar-refractivity contribution >= 4 is 19.9 Å². The minimum absolute atomic E-state index is 0.242. The van der Waals surface area contributed by atoms with Crippen molar-refractivity contribution < 1.29 is 5.11 Å². The highest BCUT2D eigenvalue weighted by Gasteiger charge is 1.96. The fourth-order valence-electron chi connectivity index (χ4n) is 0.347. The van der Waals surface area contributed by atoms with Crippen molar-refractivity contribution in [1.82, 2.24) is 0 Å². The van der Waals surface area contributed by atoms with E-state index in [1.165, 1.54) is 0 Å². The minimum atomic E-state index is -0.242. The molecule has 1 radical (unpaired) electrons. The molecule has 1 nitrogen and oxygen atoms in total. The average molecular weight is 117 g/mol. The Balaban J connectivity index is 2.83. The standard InChI is InChI=1S/C4H10BOS/c1-5-2-4(6)3-7/h4,6-7H,2-3H2,1H3. The summed E-state index contributed by atoms with van der Waals surface area (Å²) in [5.74, 6) is 0.560. The van der Waals surface area contributed by atoms with Gasteiger partial charge in [0.2, 0.25) is 0 Å². The number of hydrogen-bond acceptors (Lipinski definition) is 2. The van der Waals surface area contributed by atoms with E-state index in [1.807, 2.05) is 14.1 Å². The van der Waals surface area contributed by atoms with Gasteiger partial charge in [-0.25, -0.2) is 0 Å². The van der Waals surface area contributed by atoms with E-state index < -0.39 is 0 Å². The van der Waals surface area contributed by atoms with Gasteiger partial charge in [-0.2, -0.15) is 12.6 Å². The summed E-state index contributed by atoms with van der Waals surface area (Å²) in [4.78, 5) is 0. The lowest BCUT2D eigenvalue weighted by molar-refractivity contribution is 0.220. The lowest BCUT2D eigenvalue weighted by Gasteiger charge is -2.00. The van der Waals surface area contributed by atoms with Gasteiger partial charge in [-0.3, -0.25) is 0 Å². The fraction of sp³-hybridized carbons (Fsp3) is 1.00. The molecule has 0 aliphatic rings. The first-order valence-electron chi connectivity index (χ1n) is 2.38. The quantitative estimate of drug-likeness (QED) is 0.406. The van der Waals surface area contributed by atoms with Crippen LogP contribution >= 0.6 is 12.6 Å². The lowest BCUT2D eigenvalue weighted by Crippen LogP contribution is -2.08. The first kappa shape index (κ1) is 7.37. The SMILES string of the molecule is C[B]CC(O)CS. The van der Waals surface area contributed by atoms with Crippen molar-refractivity contribution in [2.75, 3.05) is 5.75 Å². The van der Waals surface area contributed by atoms with Gasteiger partial charge < -0.3 is 5.11 Å². The van der Waals surface area contributed by atoms with Gasteiger partial charge >= 0.3 is 0 Å². The van der Waals surface area contributed by atoms with Crippen molar-refractivity contribution in [2.45, 2.75) is 19.2 Å². The molecule has 41 valence electrons. The Morgan fingerprint density at radius 3 is 2.57 bits per heavy atom.